The standard InChI is InChI=1S/C14H17NO5/c1-14(2,3)13(18)20-15-11(16)9-5-7-10(8-6-9)12(17)19-4/h5-8H,1-4H3,(H,15,16). The number of rotatable bonds is 2. The van der Waals surface area contributed by atoms with Crippen molar-refractivity contribution in [3.63, 3.8) is 0 Å². The molecule has 0 aromatic heterocycles. The van der Waals surface area contributed by atoms with Gasteiger partial charge in [-0.05, 0) is 45.0 Å². The predicted molar refractivity (Wildman–Crippen MR) is 70.8 cm³/mol. The summed E-state index contributed by atoms with van der Waals surface area (Å²) in [5.41, 5.74) is 1.95. The maximum absolute atomic E-state index is 11.7. The van der Waals surface area contributed by atoms with Gasteiger partial charge in [0.25, 0.3) is 5.91 Å². The van der Waals surface area contributed by atoms with Gasteiger partial charge >= 0.3 is 11.9 Å². The normalized spacial score (nSPS) is 10.6. The van der Waals surface area contributed by atoms with Gasteiger partial charge in [0, 0.05) is 5.56 Å². The molecule has 0 spiro atoms. The van der Waals surface area contributed by atoms with Gasteiger partial charge in [0.2, 0.25) is 0 Å². The Bertz CT molecular complexity index is 513. The van der Waals surface area contributed by atoms with Crippen LogP contribution in [0.25, 0.3) is 0 Å². The van der Waals surface area contributed by atoms with Crippen LogP contribution in [0, 0.1) is 5.41 Å². The second-order valence-electron chi connectivity index (χ2n) is 5.14. The zero-order chi connectivity index (χ0) is 15.3. The number of hydrogen-bond donors (Lipinski definition) is 1. The maximum atomic E-state index is 11.7. The van der Waals surface area contributed by atoms with Gasteiger partial charge in [-0.2, -0.15) is 5.48 Å². The van der Waals surface area contributed by atoms with Crippen LogP contribution >= 0.6 is 0 Å². The molecule has 1 rings (SSSR count). The van der Waals surface area contributed by atoms with Gasteiger partial charge in [-0.1, -0.05) is 0 Å². The number of carbonyl (C=O) groups is 3. The predicted octanol–water partition coefficient (Wildman–Crippen LogP) is 1.71. The van der Waals surface area contributed by atoms with Crippen LogP contribution in [0.3, 0.4) is 0 Å². The van der Waals surface area contributed by atoms with E-state index in [2.05, 4.69) is 10.2 Å². The molecule has 0 radical (unpaired) electrons. The number of methoxy groups -OCH3 is 1. The van der Waals surface area contributed by atoms with Crippen LogP contribution in [0.2, 0.25) is 0 Å². The minimum absolute atomic E-state index is 0.263. The van der Waals surface area contributed by atoms with Gasteiger partial charge in [0.05, 0.1) is 18.1 Å². The van der Waals surface area contributed by atoms with Crippen molar-refractivity contribution in [3.8, 4) is 0 Å². The van der Waals surface area contributed by atoms with Crippen molar-refractivity contribution >= 4 is 17.8 Å². The lowest BCUT2D eigenvalue weighted by molar-refractivity contribution is -0.158. The molecule has 6 heteroatoms. The van der Waals surface area contributed by atoms with Gasteiger partial charge in [-0.3, -0.25) is 4.79 Å². The number of benzene rings is 1. The molecular formula is C14H17NO5. The van der Waals surface area contributed by atoms with E-state index in [1.165, 1.54) is 31.4 Å². The second-order valence-corrected chi connectivity index (χ2v) is 5.14. The molecule has 1 aromatic rings. The molecule has 0 aliphatic rings. The topological polar surface area (TPSA) is 81.7 Å². The summed E-state index contributed by atoms with van der Waals surface area (Å²) in [7, 11) is 1.27. The van der Waals surface area contributed by atoms with Crippen molar-refractivity contribution < 1.29 is 24.0 Å². The number of ether oxygens (including phenoxy) is 1. The van der Waals surface area contributed by atoms with Crippen LogP contribution in [0.4, 0.5) is 0 Å². The highest BCUT2D eigenvalue weighted by atomic mass is 16.7. The van der Waals surface area contributed by atoms with E-state index in [0.29, 0.717) is 5.56 Å². The van der Waals surface area contributed by atoms with E-state index < -0.39 is 23.3 Å². The Hall–Kier alpha value is -2.37. The van der Waals surface area contributed by atoms with E-state index in [4.69, 9.17) is 4.84 Å². The van der Waals surface area contributed by atoms with Crippen molar-refractivity contribution in [1.82, 2.24) is 5.48 Å². The Labute approximate surface area is 117 Å². The lowest BCUT2D eigenvalue weighted by atomic mass is 9.98. The lowest BCUT2D eigenvalue weighted by Gasteiger charge is -2.15. The summed E-state index contributed by atoms with van der Waals surface area (Å²) >= 11 is 0. The first-order valence-corrected chi connectivity index (χ1v) is 5.95. The molecule has 108 valence electrons. The van der Waals surface area contributed by atoms with Crippen LogP contribution < -0.4 is 5.48 Å². The van der Waals surface area contributed by atoms with Gasteiger partial charge < -0.3 is 9.57 Å². The maximum Gasteiger partial charge on any atom is 0.337 e. The molecule has 0 fully saturated rings. The number of nitrogens with one attached hydrogen (secondary N) is 1. The largest absolute Gasteiger partial charge is 0.465 e. The SMILES string of the molecule is COC(=O)c1ccc(C(=O)NOC(=O)C(C)(C)C)cc1. The molecule has 6 nitrogen and oxygen atoms in total. The van der Waals surface area contributed by atoms with E-state index in [9.17, 15) is 14.4 Å². The zero-order valence-electron chi connectivity index (χ0n) is 11.9. The molecule has 0 unspecified atom stereocenters. The third kappa shape index (κ3) is 4.08. The molecule has 0 heterocycles. The first-order valence-electron chi connectivity index (χ1n) is 5.95. The molecule has 20 heavy (non-hydrogen) atoms. The van der Waals surface area contributed by atoms with Crippen molar-refractivity contribution in [1.29, 1.82) is 0 Å². The Morgan fingerprint density at radius 2 is 1.50 bits per heavy atom. The Balaban J connectivity index is 2.65. The van der Waals surface area contributed by atoms with Crippen molar-refractivity contribution in [3.05, 3.63) is 35.4 Å². The van der Waals surface area contributed by atoms with E-state index >= 15 is 0 Å². The highest BCUT2D eigenvalue weighted by Crippen LogP contribution is 2.14. The fourth-order valence-electron chi connectivity index (χ4n) is 1.18. The van der Waals surface area contributed by atoms with Gasteiger partial charge in [0.15, 0.2) is 0 Å². The number of hydrogen-bond acceptors (Lipinski definition) is 5. The van der Waals surface area contributed by atoms with Crippen LogP contribution in [0.15, 0.2) is 24.3 Å². The average molecular weight is 279 g/mol. The van der Waals surface area contributed by atoms with E-state index in [1.807, 2.05) is 0 Å². The summed E-state index contributed by atoms with van der Waals surface area (Å²) in [6.07, 6.45) is 0. The van der Waals surface area contributed by atoms with Gasteiger partial charge in [0.1, 0.15) is 0 Å². The fraction of sp³-hybridized carbons (Fsp3) is 0.357. The fourth-order valence-corrected chi connectivity index (χ4v) is 1.18. The molecular weight excluding hydrogens is 262 g/mol. The molecule has 1 amide bonds. The van der Waals surface area contributed by atoms with Crippen molar-refractivity contribution in [2.45, 2.75) is 20.8 Å². The summed E-state index contributed by atoms with van der Waals surface area (Å²) in [6.45, 7) is 5.02. The molecule has 0 saturated heterocycles. The van der Waals surface area contributed by atoms with Gasteiger partial charge in [-0.25, -0.2) is 9.59 Å². The first-order chi connectivity index (χ1) is 9.25. The number of amides is 1. The van der Waals surface area contributed by atoms with Crippen LogP contribution in [-0.4, -0.2) is 25.0 Å². The van der Waals surface area contributed by atoms with Crippen molar-refractivity contribution in [2.24, 2.45) is 5.41 Å². The molecule has 0 atom stereocenters. The quantitative estimate of drug-likeness (QED) is 0.658. The molecule has 0 aliphatic heterocycles. The minimum Gasteiger partial charge on any atom is -0.465 e. The number of hydroxylamine groups is 1. The van der Waals surface area contributed by atoms with Crippen LogP contribution in [-0.2, 0) is 14.4 Å². The molecule has 0 bridgehead atoms. The Kier molecular flexibility index (Phi) is 4.85. The number of carbonyl (C=O) groups excluding carboxylic acids is 3. The Morgan fingerprint density at radius 3 is 1.95 bits per heavy atom. The van der Waals surface area contributed by atoms with Crippen LogP contribution in [0.5, 0.6) is 0 Å². The van der Waals surface area contributed by atoms with E-state index in [-0.39, 0.29) is 5.56 Å². The third-order valence-electron chi connectivity index (χ3n) is 2.42. The molecule has 1 aromatic carbocycles. The van der Waals surface area contributed by atoms with Crippen molar-refractivity contribution in [2.75, 3.05) is 7.11 Å². The Morgan fingerprint density at radius 1 is 1.00 bits per heavy atom. The monoisotopic (exact) mass is 279 g/mol. The summed E-state index contributed by atoms with van der Waals surface area (Å²) in [5.74, 6) is -1.60. The second kappa shape index (κ2) is 6.18. The summed E-state index contributed by atoms with van der Waals surface area (Å²) in [4.78, 5) is 39.1. The van der Waals surface area contributed by atoms with Crippen LogP contribution in [0.1, 0.15) is 41.5 Å². The van der Waals surface area contributed by atoms with Gasteiger partial charge in [-0.15, -0.1) is 0 Å². The highest BCUT2D eigenvalue weighted by molar-refractivity contribution is 5.96. The zero-order valence-corrected chi connectivity index (χ0v) is 11.9. The molecule has 0 aliphatic carbocycles. The number of esters is 1. The highest BCUT2D eigenvalue weighted by Gasteiger charge is 2.24. The minimum atomic E-state index is -0.706. The van der Waals surface area contributed by atoms with E-state index in [0.717, 1.165) is 0 Å². The smallest absolute Gasteiger partial charge is 0.337 e. The molecule has 0 saturated carbocycles. The average Bonchev–Trinajstić information content (AvgIpc) is 2.42. The third-order valence-corrected chi connectivity index (χ3v) is 2.42. The molecule has 1 N–H and O–H groups in total. The van der Waals surface area contributed by atoms with E-state index in [1.54, 1.807) is 20.8 Å². The first kappa shape index (κ1) is 15.7. The summed E-state index contributed by atoms with van der Waals surface area (Å²) < 4.78 is 4.54. The summed E-state index contributed by atoms with van der Waals surface area (Å²) in [5, 5.41) is 0. The lowest BCUT2D eigenvalue weighted by Crippen LogP contribution is -2.33. The summed E-state index contributed by atoms with van der Waals surface area (Å²) in [6, 6.07) is 5.78.